The second-order valence-electron chi connectivity index (χ2n) is 7.01. The van der Waals surface area contributed by atoms with E-state index >= 15 is 0 Å². The highest BCUT2D eigenvalue weighted by molar-refractivity contribution is 5.51. The van der Waals surface area contributed by atoms with Gasteiger partial charge in [-0.2, -0.15) is 0 Å². The molecule has 6 heteroatoms. The zero-order chi connectivity index (χ0) is 16.2. The van der Waals surface area contributed by atoms with Gasteiger partial charge in [0.1, 0.15) is 18.0 Å². The SMILES string of the molecule is CC(O)C1CCN(c2cc(N3CCCCC(CN)C3)ncn2)C1. The number of hydrogen-bond acceptors (Lipinski definition) is 6. The minimum Gasteiger partial charge on any atom is -0.393 e. The Bertz CT molecular complexity index is 510. The lowest BCUT2D eigenvalue weighted by Crippen LogP contribution is -2.32. The first-order valence-electron chi connectivity index (χ1n) is 8.87. The maximum atomic E-state index is 9.78. The number of rotatable bonds is 4. The van der Waals surface area contributed by atoms with Gasteiger partial charge in [-0.1, -0.05) is 6.42 Å². The lowest BCUT2D eigenvalue weighted by Gasteiger charge is -2.26. The van der Waals surface area contributed by atoms with Crippen molar-refractivity contribution < 1.29 is 5.11 Å². The van der Waals surface area contributed by atoms with Crippen LogP contribution in [0.15, 0.2) is 12.4 Å². The Balaban J connectivity index is 1.72. The summed E-state index contributed by atoms with van der Waals surface area (Å²) in [5.41, 5.74) is 5.89. The Morgan fingerprint density at radius 2 is 1.91 bits per heavy atom. The molecule has 1 aromatic rings. The molecule has 3 N–H and O–H groups in total. The molecule has 128 valence electrons. The van der Waals surface area contributed by atoms with Crippen LogP contribution in [0.4, 0.5) is 11.6 Å². The van der Waals surface area contributed by atoms with Crippen molar-refractivity contribution in [3.8, 4) is 0 Å². The molecule has 0 aliphatic carbocycles. The second-order valence-corrected chi connectivity index (χ2v) is 7.01. The maximum absolute atomic E-state index is 9.78. The normalized spacial score (nSPS) is 27.1. The predicted molar refractivity (Wildman–Crippen MR) is 92.6 cm³/mol. The first-order chi connectivity index (χ1) is 11.2. The van der Waals surface area contributed by atoms with Crippen LogP contribution in [-0.2, 0) is 0 Å². The molecule has 3 heterocycles. The van der Waals surface area contributed by atoms with E-state index in [-0.39, 0.29) is 6.10 Å². The quantitative estimate of drug-likeness (QED) is 0.869. The van der Waals surface area contributed by atoms with Gasteiger partial charge in [0.15, 0.2) is 0 Å². The molecule has 0 amide bonds. The van der Waals surface area contributed by atoms with E-state index in [4.69, 9.17) is 5.73 Å². The number of aliphatic hydroxyl groups excluding tert-OH is 1. The van der Waals surface area contributed by atoms with Crippen LogP contribution in [0.3, 0.4) is 0 Å². The fraction of sp³-hybridized carbons (Fsp3) is 0.765. The highest BCUT2D eigenvalue weighted by Gasteiger charge is 2.27. The van der Waals surface area contributed by atoms with Crippen molar-refractivity contribution in [3.63, 3.8) is 0 Å². The molecule has 23 heavy (non-hydrogen) atoms. The van der Waals surface area contributed by atoms with Crippen LogP contribution in [0.2, 0.25) is 0 Å². The van der Waals surface area contributed by atoms with Gasteiger partial charge in [0.2, 0.25) is 0 Å². The van der Waals surface area contributed by atoms with Gasteiger partial charge in [-0.05, 0) is 38.6 Å². The first-order valence-corrected chi connectivity index (χ1v) is 8.87. The molecule has 2 aliphatic heterocycles. The van der Waals surface area contributed by atoms with Gasteiger partial charge in [0.25, 0.3) is 0 Å². The second kappa shape index (κ2) is 7.45. The van der Waals surface area contributed by atoms with E-state index in [0.29, 0.717) is 11.8 Å². The first kappa shape index (κ1) is 16.5. The molecule has 2 aliphatic rings. The summed E-state index contributed by atoms with van der Waals surface area (Å²) in [6, 6.07) is 2.10. The summed E-state index contributed by atoms with van der Waals surface area (Å²) in [6.07, 6.45) is 6.10. The van der Waals surface area contributed by atoms with Crippen molar-refractivity contribution in [2.75, 3.05) is 42.5 Å². The summed E-state index contributed by atoms with van der Waals surface area (Å²) in [6.45, 7) is 6.49. The Hall–Kier alpha value is -1.40. The van der Waals surface area contributed by atoms with Gasteiger partial charge in [0, 0.05) is 38.2 Å². The van der Waals surface area contributed by atoms with E-state index in [1.54, 1.807) is 6.33 Å². The van der Waals surface area contributed by atoms with Crippen LogP contribution in [0.5, 0.6) is 0 Å². The zero-order valence-corrected chi connectivity index (χ0v) is 14.1. The molecule has 0 bridgehead atoms. The van der Waals surface area contributed by atoms with Crippen molar-refractivity contribution in [2.45, 2.75) is 38.7 Å². The Morgan fingerprint density at radius 1 is 1.17 bits per heavy atom. The average Bonchev–Trinajstić information content (AvgIpc) is 2.94. The fourth-order valence-corrected chi connectivity index (χ4v) is 3.70. The van der Waals surface area contributed by atoms with Gasteiger partial charge >= 0.3 is 0 Å². The molecular formula is C17H29N5O. The third-order valence-electron chi connectivity index (χ3n) is 5.30. The lowest BCUT2D eigenvalue weighted by atomic mass is 10.0. The molecule has 6 nitrogen and oxygen atoms in total. The van der Waals surface area contributed by atoms with Gasteiger partial charge in [-0.3, -0.25) is 0 Å². The topological polar surface area (TPSA) is 78.5 Å². The van der Waals surface area contributed by atoms with Crippen molar-refractivity contribution in [1.82, 2.24) is 9.97 Å². The monoisotopic (exact) mass is 319 g/mol. The molecular weight excluding hydrogens is 290 g/mol. The standard InChI is InChI=1S/C17H29N5O/c1-13(23)15-5-7-22(11-15)17-8-16(19-12-20-17)21-6-3-2-4-14(9-18)10-21/h8,12-15,23H,2-7,9-11,18H2,1H3. The molecule has 3 unspecified atom stereocenters. The van der Waals surface area contributed by atoms with Gasteiger partial charge in [-0.15, -0.1) is 0 Å². The third kappa shape index (κ3) is 3.93. The molecule has 3 rings (SSSR count). The predicted octanol–water partition coefficient (Wildman–Crippen LogP) is 1.25. The molecule has 0 saturated carbocycles. The van der Waals surface area contributed by atoms with E-state index in [2.05, 4.69) is 25.8 Å². The minimum atomic E-state index is -0.253. The largest absolute Gasteiger partial charge is 0.393 e. The summed E-state index contributed by atoms with van der Waals surface area (Å²) in [5.74, 6) is 2.89. The van der Waals surface area contributed by atoms with Crippen LogP contribution in [0.25, 0.3) is 0 Å². The summed E-state index contributed by atoms with van der Waals surface area (Å²) in [7, 11) is 0. The van der Waals surface area contributed by atoms with E-state index < -0.39 is 0 Å². The number of nitrogens with two attached hydrogens (primary N) is 1. The van der Waals surface area contributed by atoms with E-state index in [1.165, 1.54) is 19.3 Å². The van der Waals surface area contributed by atoms with Gasteiger partial charge in [-0.25, -0.2) is 9.97 Å². The zero-order valence-electron chi connectivity index (χ0n) is 14.1. The number of aliphatic hydroxyl groups is 1. The van der Waals surface area contributed by atoms with Crippen molar-refractivity contribution in [2.24, 2.45) is 17.6 Å². The van der Waals surface area contributed by atoms with E-state index in [0.717, 1.165) is 50.8 Å². The van der Waals surface area contributed by atoms with Gasteiger partial charge < -0.3 is 20.6 Å². The average molecular weight is 319 g/mol. The van der Waals surface area contributed by atoms with Crippen LogP contribution < -0.4 is 15.5 Å². The Morgan fingerprint density at radius 3 is 2.57 bits per heavy atom. The lowest BCUT2D eigenvalue weighted by molar-refractivity contribution is 0.136. The molecule has 1 aromatic heterocycles. The summed E-state index contributed by atoms with van der Waals surface area (Å²) in [5, 5.41) is 9.78. The minimum absolute atomic E-state index is 0.253. The summed E-state index contributed by atoms with van der Waals surface area (Å²) in [4.78, 5) is 13.6. The van der Waals surface area contributed by atoms with E-state index in [9.17, 15) is 5.11 Å². The molecule has 0 aromatic carbocycles. The number of nitrogens with zero attached hydrogens (tertiary/aromatic N) is 4. The number of aromatic nitrogens is 2. The highest BCUT2D eigenvalue weighted by atomic mass is 16.3. The number of hydrogen-bond donors (Lipinski definition) is 2. The molecule has 0 radical (unpaired) electrons. The highest BCUT2D eigenvalue weighted by Crippen LogP contribution is 2.27. The molecule has 2 saturated heterocycles. The van der Waals surface area contributed by atoms with Crippen LogP contribution >= 0.6 is 0 Å². The van der Waals surface area contributed by atoms with Crippen LogP contribution in [0, 0.1) is 11.8 Å². The van der Waals surface area contributed by atoms with Crippen molar-refractivity contribution in [3.05, 3.63) is 12.4 Å². The Kier molecular flexibility index (Phi) is 5.33. The number of anilines is 2. The third-order valence-corrected chi connectivity index (χ3v) is 5.30. The smallest absolute Gasteiger partial charge is 0.134 e. The molecule has 3 atom stereocenters. The fourth-order valence-electron chi connectivity index (χ4n) is 3.70. The van der Waals surface area contributed by atoms with Crippen molar-refractivity contribution in [1.29, 1.82) is 0 Å². The van der Waals surface area contributed by atoms with Crippen LogP contribution in [0.1, 0.15) is 32.6 Å². The van der Waals surface area contributed by atoms with E-state index in [1.807, 2.05) is 6.92 Å². The Labute approximate surface area is 138 Å². The summed E-state index contributed by atoms with van der Waals surface area (Å²) < 4.78 is 0. The summed E-state index contributed by atoms with van der Waals surface area (Å²) >= 11 is 0. The van der Waals surface area contributed by atoms with Crippen molar-refractivity contribution >= 4 is 11.6 Å². The van der Waals surface area contributed by atoms with Gasteiger partial charge in [0.05, 0.1) is 6.10 Å². The molecule has 0 spiro atoms. The maximum Gasteiger partial charge on any atom is 0.134 e. The molecule has 2 fully saturated rings. The van der Waals surface area contributed by atoms with Crippen LogP contribution in [-0.4, -0.2) is 53.9 Å².